The summed E-state index contributed by atoms with van der Waals surface area (Å²) in [6.07, 6.45) is 10.3. The quantitative estimate of drug-likeness (QED) is 0.589. The second kappa shape index (κ2) is 8.11. The van der Waals surface area contributed by atoms with Crippen LogP contribution in [0.2, 0.25) is 0 Å². The van der Waals surface area contributed by atoms with Gasteiger partial charge < -0.3 is 15.0 Å². The number of hydrogen-bond donors (Lipinski definition) is 1. The normalized spacial score (nSPS) is 38.0. The van der Waals surface area contributed by atoms with E-state index in [1.54, 1.807) is 6.08 Å². The Balaban J connectivity index is 1.17. The van der Waals surface area contributed by atoms with Crippen LogP contribution in [0.3, 0.4) is 0 Å². The van der Waals surface area contributed by atoms with Crippen molar-refractivity contribution >= 4 is 22.8 Å². The zero-order chi connectivity index (χ0) is 24.4. The topological polar surface area (TPSA) is 58.6 Å². The zero-order valence-corrected chi connectivity index (χ0v) is 21.0. The molecule has 0 unspecified atom stereocenters. The van der Waals surface area contributed by atoms with Crippen molar-refractivity contribution in [2.45, 2.75) is 64.5 Å². The average molecular weight is 473 g/mol. The summed E-state index contributed by atoms with van der Waals surface area (Å²) < 4.78 is 5.73. The first kappa shape index (κ1) is 22.6. The maximum absolute atomic E-state index is 12.9. The number of nitrogens with zero attached hydrogens (tertiary/aromatic N) is 1. The van der Waals surface area contributed by atoms with E-state index in [2.05, 4.69) is 31.3 Å². The van der Waals surface area contributed by atoms with Crippen LogP contribution < -0.4 is 10.1 Å². The molecule has 3 fully saturated rings. The minimum atomic E-state index is -0.347. The first-order valence-electron chi connectivity index (χ1n) is 13.2. The molecule has 6 rings (SSSR count). The highest BCUT2D eigenvalue weighted by Gasteiger charge is 2.60. The van der Waals surface area contributed by atoms with E-state index in [0.717, 1.165) is 42.9 Å². The predicted octanol–water partition coefficient (Wildman–Crippen LogP) is 5.94. The highest BCUT2D eigenvalue weighted by Crippen LogP contribution is 2.63. The lowest BCUT2D eigenvalue weighted by Gasteiger charge is -2.60. The van der Waals surface area contributed by atoms with E-state index in [-0.39, 0.29) is 28.9 Å². The molecule has 3 saturated carbocycles. The van der Waals surface area contributed by atoms with E-state index in [9.17, 15) is 9.59 Å². The second-order valence-corrected chi connectivity index (χ2v) is 11.8. The fourth-order valence-electron chi connectivity index (χ4n) is 8.49. The van der Waals surface area contributed by atoms with Gasteiger partial charge in [-0.2, -0.15) is 0 Å². The molecule has 0 saturated heterocycles. The number of likely N-dealkylation sites (N-methyl/N-ethyl adjacent to an activating group) is 1. The SMILES string of the molecule is CN1C(=O)C=C[C@]2(C)[C@H]3CC[C@]4(C)[C@@H](NC(=O)Oc5ccc6ccccc6c5)CC[C@H]4[C@@H]3CC[C@@H]12. The van der Waals surface area contributed by atoms with Crippen molar-refractivity contribution in [2.75, 3.05) is 7.05 Å². The highest BCUT2D eigenvalue weighted by atomic mass is 16.6. The van der Waals surface area contributed by atoms with Crippen molar-refractivity contribution in [3.05, 3.63) is 54.6 Å². The zero-order valence-electron chi connectivity index (χ0n) is 21.0. The molecule has 0 radical (unpaired) electrons. The van der Waals surface area contributed by atoms with Crippen molar-refractivity contribution < 1.29 is 14.3 Å². The third-order valence-corrected chi connectivity index (χ3v) is 10.4. The Morgan fingerprint density at radius 2 is 1.80 bits per heavy atom. The van der Waals surface area contributed by atoms with Gasteiger partial charge in [-0.05, 0) is 90.7 Å². The van der Waals surface area contributed by atoms with Gasteiger partial charge >= 0.3 is 6.09 Å². The van der Waals surface area contributed by atoms with Gasteiger partial charge in [0.05, 0.1) is 0 Å². The predicted molar refractivity (Wildman–Crippen MR) is 137 cm³/mol. The Morgan fingerprint density at radius 3 is 2.63 bits per heavy atom. The van der Waals surface area contributed by atoms with Crippen molar-refractivity contribution in [1.82, 2.24) is 10.2 Å². The molecule has 1 heterocycles. The Kier molecular flexibility index (Phi) is 5.24. The fraction of sp³-hybridized carbons (Fsp3) is 0.533. The van der Waals surface area contributed by atoms with Gasteiger partial charge in [0.2, 0.25) is 5.91 Å². The monoisotopic (exact) mass is 472 g/mol. The Bertz CT molecular complexity index is 1210. The molecule has 5 nitrogen and oxygen atoms in total. The number of hydrogen-bond acceptors (Lipinski definition) is 3. The molecule has 1 N–H and O–H groups in total. The summed E-state index contributed by atoms with van der Waals surface area (Å²) in [6.45, 7) is 4.77. The standard InChI is InChI=1S/C30H36N2O3/c1-29-16-14-24-22(10-13-26-30(24,2)17-15-27(33)32(26)3)23(29)11-12-25(29)31-28(34)35-21-9-8-19-6-4-5-7-20(19)18-21/h4-9,15,17-18,22-26H,10-14,16H2,1-3H3,(H,31,34)/t22-,23-,24-,25-,26+,29-,30+/m0/s1. The van der Waals surface area contributed by atoms with Crippen molar-refractivity contribution in [1.29, 1.82) is 0 Å². The van der Waals surface area contributed by atoms with Crippen LogP contribution in [0, 0.1) is 28.6 Å². The van der Waals surface area contributed by atoms with E-state index in [1.807, 2.05) is 48.3 Å². The summed E-state index contributed by atoms with van der Waals surface area (Å²) in [4.78, 5) is 27.2. The molecule has 7 atom stereocenters. The van der Waals surface area contributed by atoms with Gasteiger partial charge in [0.15, 0.2) is 0 Å². The lowest BCUT2D eigenvalue weighted by Crippen LogP contribution is -2.60. The Labute approximate surface area is 207 Å². The van der Waals surface area contributed by atoms with Crippen molar-refractivity contribution in [2.24, 2.45) is 28.6 Å². The molecule has 35 heavy (non-hydrogen) atoms. The number of ether oxygens (including phenoxy) is 1. The van der Waals surface area contributed by atoms with Crippen molar-refractivity contribution in [3.8, 4) is 5.75 Å². The molecule has 0 aromatic heterocycles. The minimum absolute atomic E-state index is 0.0490. The highest BCUT2D eigenvalue weighted by molar-refractivity contribution is 5.89. The third kappa shape index (κ3) is 3.49. The van der Waals surface area contributed by atoms with Gasteiger partial charge in [-0.15, -0.1) is 0 Å². The third-order valence-electron chi connectivity index (χ3n) is 10.4. The number of carbonyl (C=O) groups excluding carboxylic acids is 2. The summed E-state index contributed by atoms with van der Waals surface area (Å²) in [7, 11) is 1.97. The van der Waals surface area contributed by atoms with Crippen LogP contribution in [0.1, 0.15) is 52.4 Å². The van der Waals surface area contributed by atoms with E-state index >= 15 is 0 Å². The van der Waals surface area contributed by atoms with Crippen LogP contribution in [-0.4, -0.2) is 36.0 Å². The lowest BCUT2D eigenvalue weighted by atomic mass is 9.48. The van der Waals surface area contributed by atoms with Gasteiger partial charge in [0.1, 0.15) is 5.75 Å². The molecule has 2 amide bonds. The van der Waals surface area contributed by atoms with E-state index in [1.165, 1.54) is 6.42 Å². The molecule has 184 valence electrons. The summed E-state index contributed by atoms with van der Waals surface area (Å²) in [5, 5.41) is 5.46. The summed E-state index contributed by atoms with van der Waals surface area (Å²) in [5.41, 5.74) is 0.139. The number of carbonyl (C=O) groups is 2. The van der Waals surface area contributed by atoms with E-state index in [0.29, 0.717) is 29.5 Å². The van der Waals surface area contributed by atoms with E-state index < -0.39 is 0 Å². The van der Waals surface area contributed by atoms with Crippen LogP contribution in [-0.2, 0) is 4.79 Å². The number of nitrogens with one attached hydrogen (secondary N) is 1. The van der Waals surface area contributed by atoms with Crippen LogP contribution in [0.5, 0.6) is 5.75 Å². The molecule has 0 bridgehead atoms. The molecule has 5 heteroatoms. The summed E-state index contributed by atoms with van der Waals surface area (Å²) in [6, 6.07) is 14.3. The molecular formula is C30H36N2O3. The summed E-state index contributed by atoms with van der Waals surface area (Å²) >= 11 is 0. The molecule has 3 aliphatic carbocycles. The molecule has 2 aromatic carbocycles. The smallest absolute Gasteiger partial charge is 0.410 e. The van der Waals surface area contributed by atoms with Gasteiger partial charge in [0.25, 0.3) is 0 Å². The van der Waals surface area contributed by atoms with Gasteiger partial charge in [-0.25, -0.2) is 4.79 Å². The average Bonchev–Trinajstić information content (AvgIpc) is 3.17. The first-order valence-corrected chi connectivity index (χ1v) is 13.2. The Hall–Kier alpha value is -2.82. The number of rotatable bonds is 2. The van der Waals surface area contributed by atoms with E-state index in [4.69, 9.17) is 4.74 Å². The molecular weight excluding hydrogens is 436 g/mol. The van der Waals surface area contributed by atoms with Crippen LogP contribution in [0.15, 0.2) is 54.6 Å². The maximum Gasteiger partial charge on any atom is 0.412 e. The second-order valence-electron chi connectivity index (χ2n) is 11.8. The van der Waals surface area contributed by atoms with Gasteiger partial charge in [0, 0.05) is 24.5 Å². The summed E-state index contributed by atoms with van der Waals surface area (Å²) in [5.74, 6) is 2.56. The number of benzene rings is 2. The first-order chi connectivity index (χ1) is 16.8. The fourth-order valence-corrected chi connectivity index (χ4v) is 8.49. The number of fused-ring (bicyclic) bond motifs is 6. The lowest BCUT2D eigenvalue weighted by molar-refractivity contribution is -0.138. The molecule has 0 spiro atoms. The maximum atomic E-state index is 12.9. The minimum Gasteiger partial charge on any atom is -0.410 e. The number of amides is 2. The Morgan fingerprint density at radius 1 is 1.00 bits per heavy atom. The van der Waals surface area contributed by atoms with Gasteiger partial charge in [-0.3, -0.25) is 4.79 Å². The van der Waals surface area contributed by atoms with Gasteiger partial charge in [-0.1, -0.05) is 50.3 Å². The largest absolute Gasteiger partial charge is 0.412 e. The molecule has 4 aliphatic rings. The molecule has 1 aliphatic heterocycles. The molecule has 2 aromatic rings. The van der Waals surface area contributed by atoms with Crippen LogP contribution in [0.4, 0.5) is 4.79 Å². The van der Waals surface area contributed by atoms with Crippen LogP contribution >= 0.6 is 0 Å². The van der Waals surface area contributed by atoms with Crippen LogP contribution in [0.25, 0.3) is 10.8 Å². The van der Waals surface area contributed by atoms with Crippen molar-refractivity contribution in [3.63, 3.8) is 0 Å².